The summed E-state index contributed by atoms with van der Waals surface area (Å²) in [5, 5.41) is 0. The van der Waals surface area contributed by atoms with Crippen LogP contribution in [0.3, 0.4) is 0 Å². The van der Waals surface area contributed by atoms with Gasteiger partial charge in [0.15, 0.2) is 0 Å². The van der Waals surface area contributed by atoms with E-state index in [0.29, 0.717) is 0 Å². The Hall–Kier alpha value is -1.22. The van der Waals surface area contributed by atoms with Crippen molar-refractivity contribution in [3.8, 4) is 5.75 Å². The van der Waals surface area contributed by atoms with Gasteiger partial charge in [-0.05, 0) is 37.4 Å². The third kappa shape index (κ3) is 3.93. The standard InChI is InChI=1S/C14H22N2O/c1-12-4-3-7-16(11-12)8-9-17-14-6-2-5-13(15)10-14/h2,5-6,10,12H,3-4,7-9,11,15H2,1H3. The SMILES string of the molecule is CC1CCCN(CCOc2cccc(N)c2)C1. The van der Waals surface area contributed by atoms with Gasteiger partial charge in [-0.15, -0.1) is 0 Å². The van der Waals surface area contributed by atoms with E-state index in [4.69, 9.17) is 10.5 Å². The minimum absolute atomic E-state index is 0.746. The summed E-state index contributed by atoms with van der Waals surface area (Å²) in [6, 6.07) is 7.63. The lowest BCUT2D eigenvalue weighted by molar-refractivity contribution is 0.153. The highest BCUT2D eigenvalue weighted by Gasteiger charge is 2.15. The van der Waals surface area contributed by atoms with Gasteiger partial charge in [0.05, 0.1) is 0 Å². The van der Waals surface area contributed by atoms with Gasteiger partial charge in [-0.1, -0.05) is 13.0 Å². The number of nitrogen functional groups attached to an aromatic ring is 1. The van der Waals surface area contributed by atoms with Crippen LogP contribution in [0.1, 0.15) is 19.8 Å². The number of hydrogen-bond acceptors (Lipinski definition) is 3. The number of rotatable bonds is 4. The van der Waals surface area contributed by atoms with Crippen LogP contribution < -0.4 is 10.5 Å². The molecule has 1 saturated heterocycles. The molecule has 0 amide bonds. The average molecular weight is 234 g/mol. The first-order chi connectivity index (χ1) is 8.24. The maximum atomic E-state index is 5.70. The van der Waals surface area contributed by atoms with Crippen LogP contribution in [0.15, 0.2) is 24.3 Å². The smallest absolute Gasteiger partial charge is 0.121 e. The summed E-state index contributed by atoms with van der Waals surface area (Å²) in [5.74, 6) is 1.70. The van der Waals surface area contributed by atoms with Crippen LogP contribution in [-0.4, -0.2) is 31.1 Å². The first-order valence-electron chi connectivity index (χ1n) is 6.45. The van der Waals surface area contributed by atoms with Crippen LogP contribution in [0.4, 0.5) is 5.69 Å². The van der Waals surface area contributed by atoms with Gasteiger partial charge in [0.25, 0.3) is 0 Å². The fourth-order valence-electron chi connectivity index (χ4n) is 2.39. The molecule has 1 aliphatic rings. The van der Waals surface area contributed by atoms with Crippen molar-refractivity contribution in [2.24, 2.45) is 5.92 Å². The van der Waals surface area contributed by atoms with Crippen LogP contribution in [0.5, 0.6) is 5.75 Å². The Bertz CT molecular complexity index is 354. The second kappa shape index (κ2) is 5.92. The molecule has 94 valence electrons. The van der Waals surface area contributed by atoms with E-state index in [1.807, 2.05) is 24.3 Å². The van der Waals surface area contributed by atoms with Crippen molar-refractivity contribution in [3.05, 3.63) is 24.3 Å². The van der Waals surface area contributed by atoms with Gasteiger partial charge in [-0.25, -0.2) is 0 Å². The highest BCUT2D eigenvalue weighted by Crippen LogP contribution is 2.16. The molecule has 1 aromatic carbocycles. The molecule has 1 heterocycles. The van der Waals surface area contributed by atoms with Crippen molar-refractivity contribution in [2.75, 3.05) is 32.0 Å². The number of anilines is 1. The molecule has 2 N–H and O–H groups in total. The summed E-state index contributed by atoms with van der Waals surface area (Å²) in [7, 11) is 0. The van der Waals surface area contributed by atoms with Crippen molar-refractivity contribution < 1.29 is 4.74 Å². The van der Waals surface area contributed by atoms with E-state index >= 15 is 0 Å². The first-order valence-corrected chi connectivity index (χ1v) is 6.45. The lowest BCUT2D eigenvalue weighted by atomic mass is 10.0. The number of nitrogens with two attached hydrogens (primary N) is 1. The van der Waals surface area contributed by atoms with Crippen LogP contribution in [0, 0.1) is 5.92 Å². The average Bonchev–Trinajstić information content (AvgIpc) is 2.29. The molecule has 1 unspecified atom stereocenters. The van der Waals surface area contributed by atoms with Gasteiger partial charge in [-0.3, -0.25) is 4.90 Å². The summed E-state index contributed by atoms with van der Waals surface area (Å²) in [5.41, 5.74) is 6.46. The monoisotopic (exact) mass is 234 g/mol. The van der Waals surface area contributed by atoms with Crippen LogP contribution in [0.25, 0.3) is 0 Å². The zero-order chi connectivity index (χ0) is 12.1. The summed E-state index contributed by atoms with van der Waals surface area (Å²) < 4.78 is 5.70. The predicted molar refractivity (Wildman–Crippen MR) is 71.2 cm³/mol. The Labute approximate surface area is 104 Å². The minimum Gasteiger partial charge on any atom is -0.492 e. The molecule has 0 saturated carbocycles. The van der Waals surface area contributed by atoms with Gasteiger partial charge in [-0.2, -0.15) is 0 Å². The molecular weight excluding hydrogens is 212 g/mol. The number of nitrogens with zero attached hydrogens (tertiary/aromatic N) is 1. The topological polar surface area (TPSA) is 38.5 Å². The van der Waals surface area contributed by atoms with Gasteiger partial charge in [0.2, 0.25) is 0 Å². The number of hydrogen-bond donors (Lipinski definition) is 1. The van der Waals surface area contributed by atoms with Crippen molar-refractivity contribution in [1.82, 2.24) is 4.90 Å². The van der Waals surface area contributed by atoms with Crippen molar-refractivity contribution >= 4 is 5.69 Å². The van der Waals surface area contributed by atoms with E-state index < -0.39 is 0 Å². The minimum atomic E-state index is 0.746. The van der Waals surface area contributed by atoms with Crippen LogP contribution >= 0.6 is 0 Å². The number of ether oxygens (including phenoxy) is 1. The molecule has 2 rings (SSSR count). The molecule has 0 bridgehead atoms. The van der Waals surface area contributed by atoms with Gasteiger partial charge in [0.1, 0.15) is 12.4 Å². The Morgan fingerprint density at radius 1 is 1.47 bits per heavy atom. The van der Waals surface area contributed by atoms with Crippen LogP contribution in [0.2, 0.25) is 0 Å². The lowest BCUT2D eigenvalue weighted by Crippen LogP contribution is -2.37. The van der Waals surface area contributed by atoms with Crippen molar-refractivity contribution in [2.45, 2.75) is 19.8 Å². The number of benzene rings is 1. The van der Waals surface area contributed by atoms with E-state index in [1.54, 1.807) is 0 Å². The molecule has 3 heteroatoms. The van der Waals surface area contributed by atoms with E-state index in [0.717, 1.165) is 30.5 Å². The summed E-state index contributed by atoms with van der Waals surface area (Å²) in [6.07, 6.45) is 2.69. The second-order valence-corrected chi connectivity index (χ2v) is 4.97. The zero-order valence-electron chi connectivity index (χ0n) is 10.6. The molecule has 0 aliphatic carbocycles. The Kier molecular flexibility index (Phi) is 4.26. The van der Waals surface area contributed by atoms with Gasteiger partial charge < -0.3 is 10.5 Å². The molecule has 0 spiro atoms. The number of piperidine rings is 1. The molecule has 0 radical (unpaired) electrons. The third-order valence-electron chi connectivity index (χ3n) is 3.28. The van der Waals surface area contributed by atoms with E-state index in [1.165, 1.54) is 25.9 Å². The fourth-order valence-corrected chi connectivity index (χ4v) is 2.39. The summed E-state index contributed by atoms with van der Waals surface area (Å²) in [6.45, 7) is 6.51. The summed E-state index contributed by atoms with van der Waals surface area (Å²) in [4.78, 5) is 2.49. The predicted octanol–water partition coefficient (Wildman–Crippen LogP) is 2.38. The van der Waals surface area contributed by atoms with E-state index in [9.17, 15) is 0 Å². The molecule has 1 fully saturated rings. The second-order valence-electron chi connectivity index (χ2n) is 4.97. The van der Waals surface area contributed by atoms with Crippen molar-refractivity contribution in [1.29, 1.82) is 0 Å². The molecule has 0 aromatic heterocycles. The number of likely N-dealkylation sites (tertiary alicyclic amines) is 1. The first kappa shape index (κ1) is 12.2. The van der Waals surface area contributed by atoms with Gasteiger partial charge >= 0.3 is 0 Å². The quantitative estimate of drug-likeness (QED) is 0.813. The zero-order valence-corrected chi connectivity index (χ0v) is 10.6. The maximum absolute atomic E-state index is 5.70. The van der Waals surface area contributed by atoms with E-state index in [-0.39, 0.29) is 0 Å². The Balaban J connectivity index is 1.72. The maximum Gasteiger partial charge on any atom is 0.121 e. The summed E-state index contributed by atoms with van der Waals surface area (Å²) >= 11 is 0. The van der Waals surface area contributed by atoms with Gasteiger partial charge in [0, 0.05) is 24.8 Å². The molecule has 17 heavy (non-hydrogen) atoms. The Morgan fingerprint density at radius 3 is 3.12 bits per heavy atom. The fraction of sp³-hybridized carbons (Fsp3) is 0.571. The molecule has 1 aliphatic heterocycles. The molecular formula is C14H22N2O. The highest BCUT2D eigenvalue weighted by atomic mass is 16.5. The van der Waals surface area contributed by atoms with E-state index in [2.05, 4.69) is 11.8 Å². The molecule has 1 aromatic rings. The normalized spacial score (nSPS) is 21.4. The van der Waals surface area contributed by atoms with Crippen molar-refractivity contribution in [3.63, 3.8) is 0 Å². The largest absolute Gasteiger partial charge is 0.492 e. The third-order valence-corrected chi connectivity index (χ3v) is 3.28. The lowest BCUT2D eigenvalue weighted by Gasteiger charge is -2.30. The highest BCUT2D eigenvalue weighted by molar-refractivity contribution is 5.43. The Morgan fingerprint density at radius 2 is 2.35 bits per heavy atom. The molecule has 3 nitrogen and oxygen atoms in total. The molecule has 1 atom stereocenters. The van der Waals surface area contributed by atoms with Crippen LogP contribution in [-0.2, 0) is 0 Å².